The number of carbonyl (C=O) groups is 1. The van der Waals surface area contributed by atoms with Gasteiger partial charge in [-0.1, -0.05) is 27.3 Å². The first-order valence-electron chi connectivity index (χ1n) is 5.38. The highest BCUT2D eigenvalue weighted by Crippen LogP contribution is 2.33. The average molecular weight is 329 g/mol. The Hall–Kier alpha value is -1.14. The molecule has 0 saturated heterocycles. The molecule has 0 radical (unpaired) electrons. The van der Waals surface area contributed by atoms with Crippen molar-refractivity contribution in [2.45, 2.75) is 26.3 Å². The molecule has 0 aliphatic carbocycles. The quantitative estimate of drug-likeness (QED) is 0.847. The van der Waals surface area contributed by atoms with Gasteiger partial charge >= 0.3 is 6.09 Å². The summed E-state index contributed by atoms with van der Waals surface area (Å²) in [6.45, 7) is 5.55. The molecule has 1 aromatic carbocycles. The van der Waals surface area contributed by atoms with E-state index in [9.17, 15) is 9.90 Å². The molecule has 0 aliphatic rings. The monoisotopic (exact) mass is 328 g/mol. The van der Waals surface area contributed by atoms with E-state index < -0.39 is 11.6 Å². The van der Waals surface area contributed by atoms with Crippen LogP contribution in [-0.2, 0) is 0 Å². The molecule has 0 aliphatic heterocycles. The van der Waals surface area contributed by atoms with Gasteiger partial charge < -0.3 is 5.11 Å². The number of thiazole rings is 1. The Morgan fingerprint density at radius 2 is 2.11 bits per heavy atom. The van der Waals surface area contributed by atoms with Gasteiger partial charge in [0.2, 0.25) is 0 Å². The van der Waals surface area contributed by atoms with Gasteiger partial charge in [-0.25, -0.2) is 14.7 Å². The number of nitrogens with zero attached hydrogens (tertiary/aromatic N) is 2. The molecule has 0 unspecified atom stereocenters. The maximum absolute atomic E-state index is 11.4. The summed E-state index contributed by atoms with van der Waals surface area (Å²) in [4.78, 5) is 17.1. The van der Waals surface area contributed by atoms with E-state index in [2.05, 4.69) is 20.9 Å². The van der Waals surface area contributed by atoms with Gasteiger partial charge in [-0.05, 0) is 39.0 Å². The Bertz CT molecular complexity index is 604. The molecule has 1 amide bonds. The molecular weight excluding hydrogens is 316 g/mol. The van der Waals surface area contributed by atoms with Crippen molar-refractivity contribution in [3.05, 3.63) is 22.7 Å². The Morgan fingerprint density at radius 1 is 1.44 bits per heavy atom. The van der Waals surface area contributed by atoms with Gasteiger partial charge in [0.05, 0.1) is 10.2 Å². The van der Waals surface area contributed by atoms with Crippen LogP contribution in [0.2, 0.25) is 0 Å². The van der Waals surface area contributed by atoms with Crippen LogP contribution in [0.5, 0.6) is 0 Å². The molecule has 96 valence electrons. The van der Waals surface area contributed by atoms with Crippen molar-refractivity contribution in [1.29, 1.82) is 0 Å². The van der Waals surface area contributed by atoms with Crippen LogP contribution in [0, 0.1) is 0 Å². The molecule has 2 aromatic rings. The van der Waals surface area contributed by atoms with Gasteiger partial charge in [0.15, 0.2) is 5.13 Å². The summed E-state index contributed by atoms with van der Waals surface area (Å²) in [5, 5.41) is 9.83. The molecule has 0 atom stereocenters. The fourth-order valence-electron chi connectivity index (χ4n) is 1.64. The number of amides is 1. The zero-order valence-corrected chi connectivity index (χ0v) is 12.7. The van der Waals surface area contributed by atoms with Gasteiger partial charge in [-0.15, -0.1) is 0 Å². The molecule has 1 N–H and O–H groups in total. The molecule has 1 aromatic heterocycles. The van der Waals surface area contributed by atoms with Crippen molar-refractivity contribution in [3.63, 3.8) is 0 Å². The minimum Gasteiger partial charge on any atom is -0.465 e. The van der Waals surface area contributed by atoms with Gasteiger partial charge in [-0.2, -0.15) is 0 Å². The Balaban J connectivity index is 2.55. The summed E-state index contributed by atoms with van der Waals surface area (Å²) in [5.74, 6) is 0. The van der Waals surface area contributed by atoms with Crippen molar-refractivity contribution in [1.82, 2.24) is 4.98 Å². The summed E-state index contributed by atoms with van der Waals surface area (Å²) in [7, 11) is 0. The second-order valence-electron chi connectivity index (χ2n) is 4.90. The highest BCUT2D eigenvalue weighted by molar-refractivity contribution is 9.10. The predicted molar refractivity (Wildman–Crippen MR) is 77.6 cm³/mol. The van der Waals surface area contributed by atoms with Crippen molar-refractivity contribution in [2.75, 3.05) is 4.90 Å². The van der Waals surface area contributed by atoms with Crippen molar-refractivity contribution >= 4 is 48.7 Å². The highest BCUT2D eigenvalue weighted by atomic mass is 79.9. The predicted octanol–water partition coefficient (Wildman–Crippen LogP) is 4.34. The number of benzene rings is 1. The first kappa shape index (κ1) is 13.3. The number of hydrogen-bond donors (Lipinski definition) is 1. The van der Waals surface area contributed by atoms with Crippen LogP contribution in [-0.4, -0.2) is 21.7 Å². The Labute approximate surface area is 117 Å². The largest absolute Gasteiger partial charge is 0.465 e. The molecule has 6 heteroatoms. The summed E-state index contributed by atoms with van der Waals surface area (Å²) >= 11 is 4.77. The van der Waals surface area contributed by atoms with E-state index >= 15 is 0 Å². The highest BCUT2D eigenvalue weighted by Gasteiger charge is 2.30. The minimum atomic E-state index is -0.986. The fraction of sp³-hybridized carbons (Fsp3) is 0.333. The summed E-state index contributed by atoms with van der Waals surface area (Å²) in [6, 6.07) is 5.72. The third-order valence-electron chi connectivity index (χ3n) is 2.39. The lowest BCUT2D eigenvalue weighted by molar-refractivity contribution is 0.195. The van der Waals surface area contributed by atoms with Crippen LogP contribution < -0.4 is 4.90 Å². The van der Waals surface area contributed by atoms with E-state index in [0.717, 1.165) is 14.7 Å². The van der Waals surface area contributed by atoms with E-state index in [1.807, 2.05) is 39.0 Å². The second kappa shape index (κ2) is 4.51. The van der Waals surface area contributed by atoms with E-state index in [-0.39, 0.29) is 0 Å². The first-order chi connectivity index (χ1) is 8.29. The summed E-state index contributed by atoms with van der Waals surface area (Å²) < 4.78 is 1.93. The lowest BCUT2D eigenvalue weighted by atomic mass is 10.1. The van der Waals surface area contributed by atoms with Crippen LogP contribution >= 0.6 is 27.3 Å². The molecular formula is C12H13BrN2O2S. The zero-order chi connectivity index (χ0) is 13.5. The fourth-order valence-corrected chi connectivity index (χ4v) is 3.34. The molecule has 0 fully saturated rings. The van der Waals surface area contributed by atoms with Crippen LogP contribution in [0.4, 0.5) is 9.93 Å². The van der Waals surface area contributed by atoms with Gasteiger partial charge in [0, 0.05) is 10.0 Å². The number of fused-ring (bicyclic) bond motifs is 1. The number of rotatable bonds is 1. The molecule has 0 bridgehead atoms. The molecule has 0 saturated carbocycles. The van der Waals surface area contributed by atoms with Crippen molar-refractivity contribution in [2.24, 2.45) is 0 Å². The maximum Gasteiger partial charge on any atom is 0.414 e. The molecule has 2 rings (SSSR count). The lowest BCUT2D eigenvalue weighted by Crippen LogP contribution is -2.45. The van der Waals surface area contributed by atoms with E-state index in [1.165, 1.54) is 16.2 Å². The number of halogens is 1. The van der Waals surface area contributed by atoms with Crippen LogP contribution in [0.15, 0.2) is 22.7 Å². The Kier molecular flexibility index (Phi) is 3.33. The SMILES string of the molecule is CC(C)(C)N(C(=O)O)c1nc2ccc(Br)cc2s1. The van der Waals surface area contributed by atoms with Crippen molar-refractivity contribution < 1.29 is 9.90 Å². The standard InChI is InChI=1S/C12H13BrN2O2S/c1-12(2,3)15(11(16)17)10-14-8-5-4-7(13)6-9(8)18-10/h4-6H,1-3H3,(H,16,17). The lowest BCUT2D eigenvalue weighted by Gasteiger charge is -2.30. The first-order valence-corrected chi connectivity index (χ1v) is 6.99. The van der Waals surface area contributed by atoms with Crippen LogP contribution in [0.3, 0.4) is 0 Å². The number of carboxylic acid groups (broad SMARTS) is 1. The van der Waals surface area contributed by atoms with Gasteiger partial charge in [0.1, 0.15) is 0 Å². The molecule has 0 spiro atoms. The Morgan fingerprint density at radius 3 is 2.67 bits per heavy atom. The van der Waals surface area contributed by atoms with E-state index in [1.54, 1.807) is 0 Å². The molecule has 18 heavy (non-hydrogen) atoms. The van der Waals surface area contributed by atoms with E-state index in [0.29, 0.717) is 5.13 Å². The second-order valence-corrected chi connectivity index (χ2v) is 6.82. The smallest absolute Gasteiger partial charge is 0.414 e. The molecule has 4 nitrogen and oxygen atoms in total. The van der Waals surface area contributed by atoms with Crippen molar-refractivity contribution in [3.8, 4) is 0 Å². The number of aromatic nitrogens is 1. The number of hydrogen-bond acceptors (Lipinski definition) is 3. The molecule has 1 heterocycles. The third-order valence-corrected chi connectivity index (χ3v) is 3.89. The van der Waals surface area contributed by atoms with Gasteiger partial charge in [0.25, 0.3) is 0 Å². The minimum absolute atomic E-state index is 0.503. The summed E-state index contributed by atoms with van der Waals surface area (Å²) in [6.07, 6.45) is -0.986. The van der Waals surface area contributed by atoms with Gasteiger partial charge in [-0.3, -0.25) is 0 Å². The maximum atomic E-state index is 11.4. The van der Waals surface area contributed by atoms with Crippen LogP contribution in [0.25, 0.3) is 10.2 Å². The normalized spacial score (nSPS) is 11.8. The number of anilines is 1. The third kappa shape index (κ3) is 2.49. The van der Waals surface area contributed by atoms with E-state index in [4.69, 9.17) is 0 Å². The topological polar surface area (TPSA) is 53.4 Å². The summed E-state index contributed by atoms with van der Waals surface area (Å²) in [5.41, 5.74) is 0.297. The van der Waals surface area contributed by atoms with Crippen LogP contribution in [0.1, 0.15) is 20.8 Å². The zero-order valence-electron chi connectivity index (χ0n) is 10.3. The average Bonchev–Trinajstić information content (AvgIpc) is 2.56.